The lowest BCUT2D eigenvalue weighted by Gasteiger charge is -2.27. The van der Waals surface area contributed by atoms with Crippen molar-refractivity contribution in [2.45, 2.75) is 0 Å². The van der Waals surface area contributed by atoms with Gasteiger partial charge in [-0.25, -0.2) is 4.39 Å². The molecule has 0 unspecified atom stereocenters. The van der Waals surface area contributed by atoms with Crippen LogP contribution in [0.2, 0.25) is 0 Å². The summed E-state index contributed by atoms with van der Waals surface area (Å²) in [6.45, 7) is 1.71. The molecule has 1 amide bonds. The number of aliphatic hydroxyl groups excluding tert-OH is 1. The first-order chi connectivity index (χ1) is 9.22. The molecule has 0 spiro atoms. The molecule has 1 fully saturated rings. The van der Waals surface area contributed by atoms with Crippen LogP contribution in [0.1, 0.15) is 15.9 Å². The zero-order valence-electron chi connectivity index (χ0n) is 10.4. The molecule has 1 aromatic carbocycles. The Bertz CT molecular complexity index is 527. The van der Waals surface area contributed by atoms with Crippen molar-refractivity contribution in [3.05, 3.63) is 35.1 Å². The predicted molar refractivity (Wildman–Crippen MR) is 67.1 cm³/mol. The highest BCUT2D eigenvalue weighted by atomic mass is 19.1. The van der Waals surface area contributed by atoms with Gasteiger partial charge in [-0.1, -0.05) is 11.8 Å². The van der Waals surface area contributed by atoms with E-state index in [9.17, 15) is 9.18 Å². The van der Waals surface area contributed by atoms with Gasteiger partial charge in [0, 0.05) is 18.7 Å². The van der Waals surface area contributed by atoms with E-state index in [1.807, 2.05) is 0 Å². The number of morpholine rings is 1. The maximum Gasteiger partial charge on any atom is 0.255 e. The molecule has 100 valence electrons. The van der Waals surface area contributed by atoms with Crippen molar-refractivity contribution < 1.29 is 19.0 Å². The van der Waals surface area contributed by atoms with E-state index >= 15 is 0 Å². The van der Waals surface area contributed by atoms with Crippen LogP contribution in [0.3, 0.4) is 0 Å². The lowest BCUT2D eigenvalue weighted by molar-refractivity contribution is 0.0302. The van der Waals surface area contributed by atoms with Gasteiger partial charge in [-0.2, -0.15) is 0 Å². The smallest absolute Gasteiger partial charge is 0.255 e. The quantitative estimate of drug-likeness (QED) is 0.757. The van der Waals surface area contributed by atoms with Gasteiger partial charge in [0.15, 0.2) is 0 Å². The Hall–Kier alpha value is -1.90. The summed E-state index contributed by atoms with van der Waals surface area (Å²) in [5.41, 5.74) is 0.648. The van der Waals surface area contributed by atoms with Crippen molar-refractivity contribution in [2.24, 2.45) is 0 Å². The lowest BCUT2D eigenvalue weighted by atomic mass is 10.1. The second-order valence-electron chi connectivity index (χ2n) is 4.05. The van der Waals surface area contributed by atoms with Gasteiger partial charge in [0.2, 0.25) is 0 Å². The Labute approximate surface area is 110 Å². The highest BCUT2D eigenvalue weighted by Crippen LogP contribution is 2.14. The van der Waals surface area contributed by atoms with Crippen LogP contribution in [0, 0.1) is 17.7 Å². The summed E-state index contributed by atoms with van der Waals surface area (Å²) < 4.78 is 18.4. The monoisotopic (exact) mass is 263 g/mol. The first-order valence-corrected chi connectivity index (χ1v) is 5.98. The Morgan fingerprint density at radius 1 is 1.42 bits per heavy atom. The Kier molecular flexibility index (Phi) is 4.50. The van der Waals surface area contributed by atoms with Gasteiger partial charge in [0.25, 0.3) is 5.91 Å². The minimum Gasteiger partial charge on any atom is -0.384 e. The average Bonchev–Trinajstić information content (AvgIpc) is 2.45. The number of carbonyl (C=O) groups is 1. The average molecular weight is 263 g/mol. The number of hydrogen-bond acceptors (Lipinski definition) is 3. The van der Waals surface area contributed by atoms with E-state index < -0.39 is 5.82 Å². The molecule has 5 heteroatoms. The standard InChI is InChI=1S/C14H14FNO3/c15-12-3-4-13(11(10-12)2-1-7-17)14(18)16-5-8-19-9-6-16/h3-4,10,17H,5-9H2. The van der Waals surface area contributed by atoms with Crippen LogP contribution in [0.15, 0.2) is 18.2 Å². The SMILES string of the molecule is O=C(c1ccc(F)cc1C#CCO)N1CCOCC1. The van der Waals surface area contributed by atoms with E-state index in [1.165, 1.54) is 18.2 Å². The zero-order chi connectivity index (χ0) is 13.7. The first kappa shape index (κ1) is 13.5. The van der Waals surface area contributed by atoms with E-state index in [0.29, 0.717) is 37.4 Å². The van der Waals surface area contributed by atoms with Gasteiger partial charge < -0.3 is 14.7 Å². The summed E-state index contributed by atoms with van der Waals surface area (Å²) in [7, 11) is 0. The molecule has 0 aromatic heterocycles. The number of rotatable bonds is 1. The van der Waals surface area contributed by atoms with Crippen molar-refractivity contribution in [2.75, 3.05) is 32.9 Å². The molecule has 0 radical (unpaired) electrons. The Morgan fingerprint density at radius 2 is 2.16 bits per heavy atom. The highest BCUT2D eigenvalue weighted by Gasteiger charge is 2.20. The van der Waals surface area contributed by atoms with Gasteiger partial charge in [-0.05, 0) is 18.2 Å². The maximum atomic E-state index is 13.2. The van der Waals surface area contributed by atoms with E-state index in [0.717, 1.165) is 0 Å². The molecule has 19 heavy (non-hydrogen) atoms. The summed E-state index contributed by atoms with van der Waals surface area (Å²) >= 11 is 0. The molecule has 1 aliphatic heterocycles. The van der Waals surface area contributed by atoms with E-state index in [2.05, 4.69) is 11.8 Å². The molecular weight excluding hydrogens is 249 g/mol. The number of amides is 1. The van der Waals surface area contributed by atoms with Crippen LogP contribution in [-0.2, 0) is 4.74 Å². The number of aliphatic hydroxyl groups is 1. The number of benzene rings is 1. The molecule has 0 bridgehead atoms. The number of carbonyl (C=O) groups excluding carboxylic acids is 1. The van der Waals surface area contributed by atoms with E-state index in [4.69, 9.17) is 9.84 Å². The van der Waals surface area contributed by atoms with Gasteiger partial charge in [-0.15, -0.1) is 0 Å². The fraction of sp³-hybridized carbons (Fsp3) is 0.357. The van der Waals surface area contributed by atoms with E-state index in [-0.39, 0.29) is 12.5 Å². The molecule has 0 atom stereocenters. The third kappa shape index (κ3) is 3.31. The minimum atomic E-state index is -0.458. The second kappa shape index (κ2) is 6.32. The minimum absolute atomic E-state index is 0.189. The number of nitrogens with zero attached hydrogens (tertiary/aromatic N) is 1. The molecule has 1 N–H and O–H groups in total. The molecule has 1 saturated heterocycles. The molecule has 1 aliphatic rings. The summed E-state index contributed by atoms with van der Waals surface area (Å²) in [5, 5.41) is 8.70. The van der Waals surface area contributed by atoms with Crippen LogP contribution < -0.4 is 0 Å². The fourth-order valence-electron chi connectivity index (χ4n) is 1.88. The molecular formula is C14H14FNO3. The first-order valence-electron chi connectivity index (χ1n) is 5.98. The number of ether oxygens (including phenoxy) is 1. The normalized spacial score (nSPS) is 14.7. The Morgan fingerprint density at radius 3 is 2.84 bits per heavy atom. The third-order valence-electron chi connectivity index (χ3n) is 2.81. The summed E-state index contributed by atoms with van der Waals surface area (Å²) in [5.74, 6) is 4.39. The maximum absolute atomic E-state index is 13.2. The molecule has 1 heterocycles. The van der Waals surface area contributed by atoms with Crippen molar-refractivity contribution in [1.29, 1.82) is 0 Å². The molecule has 1 aromatic rings. The topological polar surface area (TPSA) is 49.8 Å². The number of halogens is 1. The highest BCUT2D eigenvalue weighted by molar-refractivity contribution is 5.96. The van der Waals surface area contributed by atoms with Crippen LogP contribution in [0.25, 0.3) is 0 Å². The molecule has 0 saturated carbocycles. The zero-order valence-corrected chi connectivity index (χ0v) is 10.4. The lowest BCUT2D eigenvalue weighted by Crippen LogP contribution is -2.41. The molecule has 0 aliphatic carbocycles. The van der Waals surface area contributed by atoms with Gasteiger partial charge >= 0.3 is 0 Å². The largest absolute Gasteiger partial charge is 0.384 e. The van der Waals surface area contributed by atoms with Crippen LogP contribution in [-0.4, -0.2) is 48.8 Å². The van der Waals surface area contributed by atoms with Crippen LogP contribution in [0.5, 0.6) is 0 Å². The van der Waals surface area contributed by atoms with Gasteiger partial charge in [0.1, 0.15) is 12.4 Å². The summed E-state index contributed by atoms with van der Waals surface area (Å²) in [6, 6.07) is 3.86. The Balaban J connectivity index is 2.29. The van der Waals surface area contributed by atoms with Crippen LogP contribution in [0.4, 0.5) is 4.39 Å². The summed E-state index contributed by atoms with van der Waals surface area (Å²) in [6.07, 6.45) is 0. The molecule has 4 nitrogen and oxygen atoms in total. The van der Waals surface area contributed by atoms with Crippen molar-refractivity contribution in [3.8, 4) is 11.8 Å². The third-order valence-corrected chi connectivity index (χ3v) is 2.81. The summed E-state index contributed by atoms with van der Waals surface area (Å²) in [4.78, 5) is 14.0. The van der Waals surface area contributed by atoms with Crippen molar-refractivity contribution in [3.63, 3.8) is 0 Å². The number of hydrogen-bond donors (Lipinski definition) is 1. The van der Waals surface area contributed by atoms with Gasteiger partial charge in [0.05, 0.1) is 18.8 Å². The van der Waals surface area contributed by atoms with Crippen LogP contribution >= 0.6 is 0 Å². The second-order valence-corrected chi connectivity index (χ2v) is 4.05. The van der Waals surface area contributed by atoms with E-state index in [1.54, 1.807) is 4.90 Å². The predicted octanol–water partition coefficient (Wildman–Crippen LogP) is 0.642. The fourth-order valence-corrected chi connectivity index (χ4v) is 1.88. The van der Waals surface area contributed by atoms with Crippen molar-refractivity contribution >= 4 is 5.91 Å². The van der Waals surface area contributed by atoms with Crippen molar-refractivity contribution in [1.82, 2.24) is 4.90 Å². The molecule has 2 rings (SSSR count). The van der Waals surface area contributed by atoms with Gasteiger partial charge in [-0.3, -0.25) is 4.79 Å².